The number of rotatable bonds is 4. The van der Waals surface area contributed by atoms with Crippen molar-refractivity contribution in [1.29, 1.82) is 5.41 Å². The Labute approximate surface area is 107 Å². The molecule has 1 aliphatic carbocycles. The van der Waals surface area contributed by atoms with Crippen molar-refractivity contribution in [1.82, 2.24) is 9.97 Å². The topological polar surface area (TPSA) is 64.6 Å². The number of hydrogen-bond donors (Lipinski definition) is 3. The van der Waals surface area contributed by atoms with Gasteiger partial charge < -0.3 is 15.7 Å². The van der Waals surface area contributed by atoms with Crippen LogP contribution in [0, 0.1) is 11.3 Å². The van der Waals surface area contributed by atoms with Gasteiger partial charge in [-0.2, -0.15) is 0 Å². The van der Waals surface area contributed by atoms with Crippen LogP contribution < -0.4 is 5.32 Å². The van der Waals surface area contributed by atoms with E-state index in [0.717, 1.165) is 23.6 Å². The van der Waals surface area contributed by atoms with Crippen molar-refractivity contribution in [3.63, 3.8) is 0 Å². The van der Waals surface area contributed by atoms with Crippen molar-refractivity contribution in [3.05, 3.63) is 41.9 Å². The Morgan fingerprint density at radius 3 is 3.06 bits per heavy atom. The first-order valence-corrected chi connectivity index (χ1v) is 6.07. The quantitative estimate of drug-likeness (QED) is 0.711. The molecule has 1 heterocycles. The molecule has 0 aromatic carbocycles. The van der Waals surface area contributed by atoms with Crippen LogP contribution >= 0.6 is 0 Å². The molecule has 1 aromatic rings. The largest absolute Gasteiger partial charge is 0.373 e. The summed E-state index contributed by atoms with van der Waals surface area (Å²) < 4.78 is 0. The van der Waals surface area contributed by atoms with Crippen molar-refractivity contribution in [2.45, 2.75) is 13.3 Å². The van der Waals surface area contributed by atoms with Gasteiger partial charge in [-0.05, 0) is 30.1 Å². The Balaban J connectivity index is 2.01. The first-order chi connectivity index (χ1) is 8.69. The molecule has 4 heteroatoms. The summed E-state index contributed by atoms with van der Waals surface area (Å²) in [6.07, 6.45) is 12.6. The molecule has 0 radical (unpaired) electrons. The number of anilines is 1. The van der Waals surface area contributed by atoms with E-state index in [2.05, 4.69) is 34.4 Å². The SMILES string of the molecule is CNc1cnc(/C=C\C(=N)C2=CCC(C)C=C2)[nH]1. The van der Waals surface area contributed by atoms with Gasteiger partial charge in [-0.15, -0.1) is 0 Å². The highest BCUT2D eigenvalue weighted by Crippen LogP contribution is 2.16. The Kier molecular flexibility index (Phi) is 3.77. The number of nitrogens with zero attached hydrogens (tertiary/aromatic N) is 1. The lowest BCUT2D eigenvalue weighted by molar-refractivity contribution is 0.734. The summed E-state index contributed by atoms with van der Waals surface area (Å²) in [5, 5.41) is 11.0. The van der Waals surface area contributed by atoms with Gasteiger partial charge in [0.2, 0.25) is 0 Å². The number of allylic oxidation sites excluding steroid dienone is 5. The maximum Gasteiger partial charge on any atom is 0.131 e. The van der Waals surface area contributed by atoms with E-state index in [4.69, 9.17) is 5.41 Å². The zero-order chi connectivity index (χ0) is 13.0. The summed E-state index contributed by atoms with van der Waals surface area (Å²) in [4.78, 5) is 7.26. The van der Waals surface area contributed by atoms with Gasteiger partial charge in [0, 0.05) is 7.05 Å². The highest BCUT2D eigenvalue weighted by atomic mass is 15.0. The van der Waals surface area contributed by atoms with Gasteiger partial charge in [-0.1, -0.05) is 25.2 Å². The summed E-state index contributed by atoms with van der Waals surface area (Å²) in [7, 11) is 1.84. The third-order valence-electron chi connectivity index (χ3n) is 2.90. The van der Waals surface area contributed by atoms with Gasteiger partial charge in [0.1, 0.15) is 11.6 Å². The van der Waals surface area contributed by atoms with Gasteiger partial charge in [0.25, 0.3) is 0 Å². The molecule has 4 nitrogen and oxygen atoms in total. The Morgan fingerprint density at radius 2 is 2.44 bits per heavy atom. The first kappa shape index (κ1) is 12.4. The van der Waals surface area contributed by atoms with E-state index in [0.29, 0.717) is 11.6 Å². The standard InChI is InChI=1S/C14H18N4/c1-10-3-5-11(6-4-10)12(15)7-8-13-17-9-14(16-2)18-13/h3,5-10,15-16H,4H2,1-2H3,(H,17,18)/b8-7-,15-12?. The third kappa shape index (κ3) is 2.97. The first-order valence-electron chi connectivity index (χ1n) is 6.07. The molecule has 1 unspecified atom stereocenters. The normalized spacial score (nSPS) is 19.0. The highest BCUT2D eigenvalue weighted by molar-refractivity contribution is 6.10. The molecule has 1 aliphatic rings. The van der Waals surface area contributed by atoms with Crippen molar-refractivity contribution < 1.29 is 0 Å². The van der Waals surface area contributed by atoms with Crippen LogP contribution in [0.1, 0.15) is 19.2 Å². The Morgan fingerprint density at radius 1 is 1.61 bits per heavy atom. The van der Waals surface area contributed by atoms with E-state index >= 15 is 0 Å². The second-order valence-electron chi connectivity index (χ2n) is 4.41. The fraction of sp³-hybridized carbons (Fsp3) is 0.286. The molecule has 0 bridgehead atoms. The lowest BCUT2D eigenvalue weighted by atomic mass is 9.96. The van der Waals surface area contributed by atoms with Gasteiger partial charge in [0.15, 0.2) is 0 Å². The molecule has 0 saturated heterocycles. The van der Waals surface area contributed by atoms with Crippen molar-refractivity contribution in [3.8, 4) is 0 Å². The number of imidazole rings is 1. The maximum atomic E-state index is 7.99. The van der Waals surface area contributed by atoms with E-state index in [1.54, 1.807) is 12.3 Å². The van der Waals surface area contributed by atoms with E-state index < -0.39 is 0 Å². The fourth-order valence-corrected chi connectivity index (χ4v) is 1.73. The van der Waals surface area contributed by atoms with Crippen molar-refractivity contribution >= 4 is 17.6 Å². The Bertz CT molecular complexity index is 520. The van der Waals surface area contributed by atoms with Gasteiger partial charge in [0.05, 0.1) is 11.9 Å². The number of aromatic nitrogens is 2. The summed E-state index contributed by atoms with van der Waals surface area (Å²) in [5.74, 6) is 2.19. The molecule has 18 heavy (non-hydrogen) atoms. The molecular weight excluding hydrogens is 224 g/mol. The number of H-pyrrole nitrogens is 1. The van der Waals surface area contributed by atoms with Crippen LogP contribution in [0.15, 0.2) is 36.1 Å². The van der Waals surface area contributed by atoms with E-state index in [1.807, 2.05) is 19.2 Å². The lowest BCUT2D eigenvalue weighted by Crippen LogP contribution is -2.01. The second kappa shape index (κ2) is 5.49. The van der Waals surface area contributed by atoms with Crippen LogP contribution in [0.2, 0.25) is 0 Å². The zero-order valence-electron chi connectivity index (χ0n) is 10.7. The van der Waals surface area contributed by atoms with Crippen LogP contribution in [0.25, 0.3) is 6.08 Å². The molecule has 0 aliphatic heterocycles. The fourth-order valence-electron chi connectivity index (χ4n) is 1.73. The minimum absolute atomic E-state index is 0.514. The molecule has 0 fully saturated rings. The average Bonchev–Trinajstić information content (AvgIpc) is 2.85. The molecule has 2 rings (SSSR count). The van der Waals surface area contributed by atoms with E-state index in [9.17, 15) is 0 Å². The second-order valence-corrected chi connectivity index (χ2v) is 4.41. The van der Waals surface area contributed by atoms with E-state index in [1.165, 1.54) is 0 Å². The molecular formula is C14H18N4. The highest BCUT2D eigenvalue weighted by Gasteiger charge is 2.05. The van der Waals surface area contributed by atoms with Crippen LogP contribution in [-0.4, -0.2) is 22.7 Å². The average molecular weight is 242 g/mol. The Hall–Kier alpha value is -2.10. The minimum atomic E-state index is 0.514. The minimum Gasteiger partial charge on any atom is -0.373 e. The summed E-state index contributed by atoms with van der Waals surface area (Å²) in [6, 6.07) is 0. The molecule has 1 aromatic heterocycles. The van der Waals surface area contributed by atoms with Crippen molar-refractivity contribution in [2.24, 2.45) is 5.92 Å². The maximum absolute atomic E-state index is 7.99. The molecule has 0 amide bonds. The molecule has 94 valence electrons. The summed E-state index contributed by atoms with van der Waals surface area (Å²) in [5.41, 5.74) is 1.49. The molecule has 3 N–H and O–H groups in total. The van der Waals surface area contributed by atoms with Crippen molar-refractivity contribution in [2.75, 3.05) is 12.4 Å². The third-order valence-corrected chi connectivity index (χ3v) is 2.90. The smallest absolute Gasteiger partial charge is 0.131 e. The van der Waals surface area contributed by atoms with Crippen LogP contribution in [0.5, 0.6) is 0 Å². The van der Waals surface area contributed by atoms with Gasteiger partial charge in [-0.25, -0.2) is 4.98 Å². The number of hydrogen-bond acceptors (Lipinski definition) is 3. The predicted octanol–water partition coefficient (Wildman–Crippen LogP) is 3.01. The van der Waals surface area contributed by atoms with Gasteiger partial charge >= 0.3 is 0 Å². The van der Waals surface area contributed by atoms with Crippen LogP contribution in [0.4, 0.5) is 5.82 Å². The zero-order valence-corrected chi connectivity index (χ0v) is 10.7. The molecule has 0 saturated carbocycles. The molecule has 1 atom stereocenters. The molecule has 0 spiro atoms. The van der Waals surface area contributed by atoms with E-state index in [-0.39, 0.29) is 0 Å². The summed E-state index contributed by atoms with van der Waals surface area (Å²) in [6.45, 7) is 2.17. The van der Waals surface area contributed by atoms with Gasteiger partial charge in [-0.3, -0.25) is 0 Å². The van der Waals surface area contributed by atoms with Crippen LogP contribution in [0.3, 0.4) is 0 Å². The number of nitrogens with one attached hydrogen (secondary N) is 3. The monoisotopic (exact) mass is 242 g/mol. The summed E-state index contributed by atoms with van der Waals surface area (Å²) >= 11 is 0. The predicted molar refractivity (Wildman–Crippen MR) is 75.9 cm³/mol. The number of aromatic amines is 1. The van der Waals surface area contributed by atoms with Crippen LogP contribution in [-0.2, 0) is 0 Å². The lowest BCUT2D eigenvalue weighted by Gasteiger charge is -2.10.